The summed E-state index contributed by atoms with van der Waals surface area (Å²) in [5.41, 5.74) is 4.47. The summed E-state index contributed by atoms with van der Waals surface area (Å²) in [4.78, 5) is 2.22. The molecule has 0 aromatic carbocycles. The Morgan fingerprint density at radius 2 is 2.00 bits per heavy atom. The van der Waals surface area contributed by atoms with E-state index in [0.29, 0.717) is 19.4 Å². The Labute approximate surface area is 67.6 Å². The molecule has 0 amide bonds. The Hall–Kier alpha value is -0.150. The molecule has 0 radical (unpaired) electrons. The van der Waals surface area contributed by atoms with Gasteiger partial charge in [0.15, 0.2) is 0 Å². The molecule has 0 saturated carbocycles. The summed E-state index contributed by atoms with van der Waals surface area (Å²) in [5, 5.41) is 0. The average Bonchev–Trinajstić information content (AvgIpc) is 1.94. The number of alkyl halides is 1. The number of hydrogen-bond acceptors (Lipinski definition) is 2. The maximum absolute atomic E-state index is 13.2. The summed E-state index contributed by atoms with van der Waals surface area (Å²) in [5.74, 6) is 0. The second-order valence-corrected chi connectivity index (χ2v) is 3.54. The standard InChI is InChI=1S/C8H17FN2/c1-8(9)2-5-11(6-3-8)7-4-10/h2-7,10H2,1H3. The number of piperidine rings is 1. The number of halogens is 1. The van der Waals surface area contributed by atoms with Crippen molar-refractivity contribution in [3.05, 3.63) is 0 Å². The number of hydrogen-bond donors (Lipinski definition) is 1. The van der Waals surface area contributed by atoms with E-state index >= 15 is 0 Å². The van der Waals surface area contributed by atoms with E-state index in [1.807, 2.05) is 0 Å². The molecule has 1 aliphatic heterocycles. The third-order valence-electron chi connectivity index (χ3n) is 2.34. The molecule has 0 aliphatic carbocycles. The van der Waals surface area contributed by atoms with E-state index < -0.39 is 5.67 Å². The van der Waals surface area contributed by atoms with Crippen LogP contribution in [-0.4, -0.2) is 36.7 Å². The molecule has 1 aliphatic rings. The molecule has 0 atom stereocenters. The predicted molar refractivity (Wildman–Crippen MR) is 44.2 cm³/mol. The lowest BCUT2D eigenvalue weighted by atomic mass is 9.96. The Balaban J connectivity index is 2.25. The van der Waals surface area contributed by atoms with Gasteiger partial charge in [0, 0.05) is 26.2 Å². The van der Waals surface area contributed by atoms with Crippen molar-refractivity contribution >= 4 is 0 Å². The van der Waals surface area contributed by atoms with Gasteiger partial charge < -0.3 is 10.6 Å². The van der Waals surface area contributed by atoms with Gasteiger partial charge in [0.2, 0.25) is 0 Å². The molecule has 11 heavy (non-hydrogen) atoms. The van der Waals surface area contributed by atoms with Gasteiger partial charge in [-0.25, -0.2) is 4.39 Å². The summed E-state index contributed by atoms with van der Waals surface area (Å²) in [6.07, 6.45) is 1.32. The highest BCUT2D eigenvalue weighted by molar-refractivity contribution is 4.81. The molecule has 0 unspecified atom stereocenters. The zero-order valence-electron chi connectivity index (χ0n) is 7.15. The highest BCUT2D eigenvalue weighted by Gasteiger charge is 2.28. The van der Waals surface area contributed by atoms with Crippen molar-refractivity contribution in [2.24, 2.45) is 5.73 Å². The molecule has 2 N–H and O–H groups in total. The van der Waals surface area contributed by atoms with Crippen LogP contribution in [0, 0.1) is 0 Å². The summed E-state index contributed by atoms with van der Waals surface area (Å²) in [6.45, 7) is 5.01. The highest BCUT2D eigenvalue weighted by Crippen LogP contribution is 2.24. The lowest BCUT2D eigenvalue weighted by molar-refractivity contribution is 0.0758. The number of nitrogens with zero attached hydrogens (tertiary/aromatic N) is 1. The van der Waals surface area contributed by atoms with Crippen LogP contribution in [-0.2, 0) is 0 Å². The van der Waals surface area contributed by atoms with Crippen molar-refractivity contribution in [3.63, 3.8) is 0 Å². The van der Waals surface area contributed by atoms with Gasteiger partial charge in [0.25, 0.3) is 0 Å². The molecule has 0 spiro atoms. The van der Waals surface area contributed by atoms with Crippen LogP contribution < -0.4 is 5.73 Å². The average molecular weight is 160 g/mol. The van der Waals surface area contributed by atoms with E-state index in [0.717, 1.165) is 19.6 Å². The van der Waals surface area contributed by atoms with Crippen molar-refractivity contribution in [2.45, 2.75) is 25.4 Å². The van der Waals surface area contributed by atoms with Crippen LogP contribution in [0.2, 0.25) is 0 Å². The van der Waals surface area contributed by atoms with Crippen LogP contribution in [0.4, 0.5) is 4.39 Å². The minimum atomic E-state index is -0.925. The fourth-order valence-electron chi connectivity index (χ4n) is 1.43. The molecule has 2 nitrogen and oxygen atoms in total. The molecule has 1 saturated heterocycles. The number of rotatable bonds is 2. The summed E-state index contributed by atoms with van der Waals surface area (Å²) < 4.78 is 13.2. The van der Waals surface area contributed by atoms with Gasteiger partial charge in [-0.05, 0) is 19.8 Å². The van der Waals surface area contributed by atoms with Gasteiger partial charge in [-0.2, -0.15) is 0 Å². The Morgan fingerprint density at radius 1 is 1.45 bits per heavy atom. The van der Waals surface area contributed by atoms with Gasteiger partial charge >= 0.3 is 0 Å². The van der Waals surface area contributed by atoms with Gasteiger partial charge in [-0.15, -0.1) is 0 Å². The van der Waals surface area contributed by atoms with Gasteiger partial charge in [0.1, 0.15) is 5.67 Å². The molecule has 0 bridgehead atoms. The maximum atomic E-state index is 13.2. The van der Waals surface area contributed by atoms with Gasteiger partial charge in [-0.1, -0.05) is 0 Å². The van der Waals surface area contributed by atoms with Crippen molar-refractivity contribution < 1.29 is 4.39 Å². The van der Waals surface area contributed by atoms with Crippen molar-refractivity contribution in [3.8, 4) is 0 Å². The Morgan fingerprint density at radius 3 is 2.45 bits per heavy atom. The fraction of sp³-hybridized carbons (Fsp3) is 1.00. The Kier molecular flexibility index (Phi) is 2.84. The fourth-order valence-corrected chi connectivity index (χ4v) is 1.43. The van der Waals surface area contributed by atoms with Gasteiger partial charge in [0.05, 0.1) is 0 Å². The summed E-state index contributed by atoms with van der Waals surface area (Å²) in [7, 11) is 0. The second kappa shape index (κ2) is 3.50. The minimum absolute atomic E-state index is 0.660. The molecule has 1 heterocycles. The van der Waals surface area contributed by atoms with Crippen molar-refractivity contribution in [1.82, 2.24) is 4.90 Å². The predicted octanol–water partition coefficient (Wildman–Crippen LogP) is 0.769. The van der Waals surface area contributed by atoms with Crippen molar-refractivity contribution in [1.29, 1.82) is 0 Å². The van der Waals surface area contributed by atoms with Crippen LogP contribution in [0.1, 0.15) is 19.8 Å². The zero-order valence-corrected chi connectivity index (χ0v) is 7.15. The minimum Gasteiger partial charge on any atom is -0.329 e. The van der Waals surface area contributed by atoms with Gasteiger partial charge in [-0.3, -0.25) is 0 Å². The zero-order chi connectivity index (χ0) is 8.32. The van der Waals surface area contributed by atoms with Crippen molar-refractivity contribution in [2.75, 3.05) is 26.2 Å². The maximum Gasteiger partial charge on any atom is 0.110 e. The smallest absolute Gasteiger partial charge is 0.110 e. The number of likely N-dealkylation sites (tertiary alicyclic amines) is 1. The second-order valence-electron chi connectivity index (χ2n) is 3.54. The molecule has 1 rings (SSSR count). The van der Waals surface area contributed by atoms with Crippen LogP contribution in [0.25, 0.3) is 0 Å². The topological polar surface area (TPSA) is 29.3 Å². The normalized spacial score (nSPS) is 25.4. The molecule has 66 valence electrons. The van der Waals surface area contributed by atoms with Crippen LogP contribution >= 0.6 is 0 Å². The first-order valence-corrected chi connectivity index (χ1v) is 4.25. The highest BCUT2D eigenvalue weighted by atomic mass is 19.1. The summed E-state index contributed by atoms with van der Waals surface area (Å²) in [6, 6.07) is 0. The first-order valence-electron chi connectivity index (χ1n) is 4.25. The molecule has 0 aromatic rings. The largest absolute Gasteiger partial charge is 0.329 e. The first-order chi connectivity index (χ1) is 5.14. The van der Waals surface area contributed by atoms with E-state index in [1.54, 1.807) is 6.92 Å². The Bertz CT molecular complexity index is 115. The first kappa shape index (κ1) is 8.94. The SMILES string of the molecule is CC1(F)CCN(CCN)CC1. The molecule has 1 fully saturated rings. The monoisotopic (exact) mass is 160 g/mol. The quantitative estimate of drug-likeness (QED) is 0.646. The third-order valence-corrected chi connectivity index (χ3v) is 2.34. The summed E-state index contributed by atoms with van der Waals surface area (Å²) >= 11 is 0. The molecular weight excluding hydrogens is 143 g/mol. The van der Waals surface area contributed by atoms with Crippen LogP contribution in [0.3, 0.4) is 0 Å². The van der Waals surface area contributed by atoms with E-state index in [4.69, 9.17) is 5.73 Å². The van der Waals surface area contributed by atoms with E-state index in [2.05, 4.69) is 4.90 Å². The molecular formula is C8H17FN2. The number of nitrogens with two attached hydrogens (primary N) is 1. The van der Waals surface area contributed by atoms with E-state index in [1.165, 1.54) is 0 Å². The van der Waals surface area contributed by atoms with Crippen LogP contribution in [0.5, 0.6) is 0 Å². The lowest BCUT2D eigenvalue weighted by Gasteiger charge is -2.33. The van der Waals surface area contributed by atoms with E-state index in [9.17, 15) is 4.39 Å². The van der Waals surface area contributed by atoms with Crippen LogP contribution in [0.15, 0.2) is 0 Å². The lowest BCUT2D eigenvalue weighted by Crippen LogP contribution is -2.42. The van der Waals surface area contributed by atoms with E-state index in [-0.39, 0.29) is 0 Å². The molecule has 3 heteroatoms. The molecule has 0 aromatic heterocycles. The third kappa shape index (κ3) is 2.75.